The van der Waals surface area contributed by atoms with E-state index in [9.17, 15) is 0 Å². The van der Waals surface area contributed by atoms with Gasteiger partial charge in [-0.15, -0.1) is 11.3 Å². The van der Waals surface area contributed by atoms with Gasteiger partial charge in [0.25, 0.3) is 0 Å². The Morgan fingerprint density at radius 1 is 1.47 bits per heavy atom. The molecule has 1 heterocycles. The van der Waals surface area contributed by atoms with Crippen LogP contribution in [0.4, 0.5) is 0 Å². The van der Waals surface area contributed by atoms with E-state index < -0.39 is 0 Å². The topological polar surface area (TPSA) is 34.1 Å². The van der Waals surface area contributed by atoms with E-state index in [0.717, 1.165) is 12.3 Å². The smallest absolute Gasteiger partial charge is 0.119 e. The molecule has 0 radical (unpaired) electrons. The van der Waals surface area contributed by atoms with Crippen molar-refractivity contribution in [1.82, 2.24) is 10.3 Å². The molecular weight excluding hydrogens is 232 g/mol. The lowest BCUT2D eigenvalue weighted by Gasteiger charge is -2.12. The van der Waals surface area contributed by atoms with Gasteiger partial charge in [-0.25, -0.2) is 0 Å². The van der Waals surface area contributed by atoms with Crippen LogP contribution in [-0.2, 0) is 6.54 Å². The number of aromatic nitrogens is 1. The largest absolute Gasteiger partial charge is 0.497 e. The lowest BCUT2D eigenvalue weighted by Crippen LogP contribution is -2.17. The average Bonchev–Trinajstić information content (AvgIpc) is 2.90. The molecule has 3 nitrogen and oxygen atoms in total. The van der Waals surface area contributed by atoms with Gasteiger partial charge < -0.3 is 10.1 Å². The number of rotatable bonds is 5. The summed E-state index contributed by atoms with van der Waals surface area (Å²) in [6, 6.07) is 8.43. The Hall–Kier alpha value is -1.39. The molecule has 2 rings (SSSR count). The fourth-order valence-corrected chi connectivity index (χ4v) is 2.25. The summed E-state index contributed by atoms with van der Waals surface area (Å²) in [5.74, 6) is 0.898. The molecule has 1 aromatic carbocycles. The summed E-state index contributed by atoms with van der Waals surface area (Å²) in [6.45, 7) is 2.98. The Bertz CT molecular complexity index is 456. The second-order valence-corrected chi connectivity index (χ2v) is 4.78. The van der Waals surface area contributed by atoms with Crippen LogP contribution in [0.25, 0.3) is 0 Å². The predicted octanol–water partition coefficient (Wildman–Crippen LogP) is 3.00. The summed E-state index contributed by atoms with van der Waals surface area (Å²) < 4.78 is 5.20. The molecule has 0 aliphatic rings. The molecule has 4 heteroatoms. The molecule has 90 valence electrons. The van der Waals surface area contributed by atoms with Gasteiger partial charge in [0.05, 0.1) is 12.6 Å². The average molecular weight is 248 g/mol. The van der Waals surface area contributed by atoms with Crippen LogP contribution >= 0.6 is 11.3 Å². The highest BCUT2D eigenvalue weighted by atomic mass is 32.1. The van der Waals surface area contributed by atoms with E-state index in [1.54, 1.807) is 18.4 Å². The van der Waals surface area contributed by atoms with Gasteiger partial charge in [0, 0.05) is 23.7 Å². The third-order valence-electron chi connectivity index (χ3n) is 2.62. The van der Waals surface area contributed by atoms with Gasteiger partial charge in [-0.2, -0.15) is 0 Å². The Morgan fingerprint density at radius 2 is 2.35 bits per heavy atom. The van der Waals surface area contributed by atoms with E-state index in [1.807, 2.05) is 29.9 Å². The fourth-order valence-electron chi connectivity index (χ4n) is 1.59. The third kappa shape index (κ3) is 3.28. The first kappa shape index (κ1) is 12.1. The van der Waals surface area contributed by atoms with Crippen molar-refractivity contribution in [3.8, 4) is 5.75 Å². The van der Waals surface area contributed by atoms with Gasteiger partial charge in [0.1, 0.15) is 5.75 Å². The second kappa shape index (κ2) is 5.80. The van der Waals surface area contributed by atoms with Crippen LogP contribution in [0.15, 0.2) is 36.0 Å². The molecule has 1 atom stereocenters. The monoisotopic (exact) mass is 248 g/mol. The minimum atomic E-state index is 0.328. The Morgan fingerprint density at radius 3 is 3.06 bits per heavy atom. The molecule has 1 N–H and O–H groups in total. The van der Waals surface area contributed by atoms with Gasteiger partial charge in [-0.3, -0.25) is 4.98 Å². The molecule has 0 aliphatic carbocycles. The van der Waals surface area contributed by atoms with Crippen LogP contribution in [0.1, 0.15) is 23.4 Å². The van der Waals surface area contributed by atoms with Crippen LogP contribution in [0.2, 0.25) is 0 Å². The molecule has 0 saturated carbocycles. The number of hydrogen-bond acceptors (Lipinski definition) is 4. The molecule has 0 bridgehead atoms. The summed E-state index contributed by atoms with van der Waals surface area (Å²) in [4.78, 5) is 5.34. The highest BCUT2D eigenvalue weighted by molar-refractivity contribution is 7.09. The number of ether oxygens (including phenoxy) is 1. The van der Waals surface area contributed by atoms with Gasteiger partial charge in [-0.1, -0.05) is 12.1 Å². The molecule has 1 aromatic heterocycles. The molecular formula is C13H16N2OS. The molecule has 0 fully saturated rings. The van der Waals surface area contributed by atoms with Crippen molar-refractivity contribution in [1.29, 1.82) is 0 Å². The Kier molecular flexibility index (Phi) is 4.12. The van der Waals surface area contributed by atoms with E-state index >= 15 is 0 Å². The SMILES string of the molecule is COc1cccc(CNC(C)c2cncs2)c1. The second-order valence-electron chi connectivity index (χ2n) is 3.86. The Labute approximate surface area is 105 Å². The number of nitrogens with one attached hydrogen (secondary N) is 1. The maximum absolute atomic E-state index is 5.20. The molecule has 17 heavy (non-hydrogen) atoms. The van der Waals surface area contributed by atoms with Crippen molar-refractivity contribution < 1.29 is 4.74 Å². The number of benzene rings is 1. The van der Waals surface area contributed by atoms with E-state index in [2.05, 4.69) is 23.3 Å². The zero-order chi connectivity index (χ0) is 12.1. The van der Waals surface area contributed by atoms with Crippen LogP contribution in [0.5, 0.6) is 5.75 Å². The number of hydrogen-bond donors (Lipinski definition) is 1. The van der Waals surface area contributed by atoms with E-state index in [4.69, 9.17) is 4.74 Å². The van der Waals surface area contributed by atoms with Gasteiger partial charge in [-0.05, 0) is 24.6 Å². The quantitative estimate of drug-likeness (QED) is 0.883. The maximum Gasteiger partial charge on any atom is 0.119 e. The summed E-state index contributed by atoms with van der Waals surface area (Å²) in [6.07, 6.45) is 1.91. The van der Waals surface area contributed by atoms with Crippen molar-refractivity contribution in [2.75, 3.05) is 7.11 Å². The van der Waals surface area contributed by atoms with Gasteiger partial charge in [0.2, 0.25) is 0 Å². The van der Waals surface area contributed by atoms with Crippen molar-refractivity contribution in [3.63, 3.8) is 0 Å². The molecule has 0 amide bonds. The minimum absolute atomic E-state index is 0.328. The van der Waals surface area contributed by atoms with E-state index in [0.29, 0.717) is 6.04 Å². The van der Waals surface area contributed by atoms with E-state index in [1.165, 1.54) is 10.4 Å². The summed E-state index contributed by atoms with van der Waals surface area (Å²) in [5, 5.41) is 3.47. The summed E-state index contributed by atoms with van der Waals surface area (Å²) >= 11 is 1.68. The summed E-state index contributed by atoms with van der Waals surface area (Å²) in [5.41, 5.74) is 3.08. The van der Waals surface area contributed by atoms with Gasteiger partial charge in [0.15, 0.2) is 0 Å². The van der Waals surface area contributed by atoms with Crippen molar-refractivity contribution in [2.24, 2.45) is 0 Å². The normalized spacial score (nSPS) is 12.4. The molecule has 0 saturated heterocycles. The van der Waals surface area contributed by atoms with Crippen molar-refractivity contribution >= 4 is 11.3 Å². The number of methoxy groups -OCH3 is 1. The highest BCUT2D eigenvalue weighted by Gasteiger charge is 2.06. The van der Waals surface area contributed by atoms with Crippen molar-refractivity contribution in [3.05, 3.63) is 46.4 Å². The predicted molar refractivity (Wildman–Crippen MR) is 70.4 cm³/mol. The fraction of sp³-hybridized carbons (Fsp3) is 0.308. The first-order chi connectivity index (χ1) is 8.29. The van der Waals surface area contributed by atoms with Crippen LogP contribution < -0.4 is 10.1 Å². The highest BCUT2D eigenvalue weighted by Crippen LogP contribution is 2.18. The zero-order valence-corrected chi connectivity index (χ0v) is 10.8. The minimum Gasteiger partial charge on any atom is -0.497 e. The van der Waals surface area contributed by atoms with E-state index in [-0.39, 0.29) is 0 Å². The zero-order valence-electron chi connectivity index (χ0n) is 10.0. The van der Waals surface area contributed by atoms with Crippen LogP contribution in [-0.4, -0.2) is 12.1 Å². The standard InChI is InChI=1S/C13H16N2OS/c1-10(13-8-14-9-17-13)15-7-11-4-3-5-12(6-11)16-2/h3-6,8-10,15H,7H2,1-2H3. The first-order valence-electron chi connectivity index (χ1n) is 5.54. The van der Waals surface area contributed by atoms with Gasteiger partial charge >= 0.3 is 0 Å². The first-order valence-corrected chi connectivity index (χ1v) is 6.42. The molecule has 0 spiro atoms. The Balaban J connectivity index is 1.93. The van der Waals surface area contributed by atoms with Crippen LogP contribution in [0.3, 0.4) is 0 Å². The lowest BCUT2D eigenvalue weighted by atomic mass is 10.2. The van der Waals surface area contributed by atoms with Crippen molar-refractivity contribution in [2.45, 2.75) is 19.5 Å². The third-order valence-corrected chi connectivity index (χ3v) is 3.58. The summed E-state index contributed by atoms with van der Waals surface area (Å²) in [7, 11) is 1.69. The molecule has 1 unspecified atom stereocenters. The number of nitrogens with zero attached hydrogens (tertiary/aromatic N) is 1. The molecule has 0 aliphatic heterocycles. The molecule has 2 aromatic rings. The van der Waals surface area contributed by atoms with Crippen LogP contribution in [0, 0.1) is 0 Å². The lowest BCUT2D eigenvalue weighted by molar-refractivity contribution is 0.414. The number of thiazole rings is 1. The maximum atomic E-state index is 5.20.